The predicted molar refractivity (Wildman–Crippen MR) is 85.0 cm³/mol. The van der Waals surface area contributed by atoms with Gasteiger partial charge in [0.25, 0.3) is 5.91 Å². The lowest BCUT2D eigenvalue weighted by atomic mass is 10.2. The number of thiazole rings is 1. The summed E-state index contributed by atoms with van der Waals surface area (Å²) in [6.07, 6.45) is 5.29. The normalized spacial score (nSPS) is 11.3. The zero-order valence-corrected chi connectivity index (χ0v) is 12.7. The molecule has 1 amide bonds. The summed E-state index contributed by atoms with van der Waals surface area (Å²) in [6.45, 7) is 0.472. The van der Waals surface area contributed by atoms with Crippen LogP contribution in [-0.4, -0.2) is 25.1 Å². The molecule has 3 aromatic heterocycles. The van der Waals surface area contributed by atoms with Gasteiger partial charge < -0.3 is 9.88 Å². The first-order valence-corrected chi connectivity index (χ1v) is 7.70. The molecular weight excluding hydrogens is 298 g/mol. The average molecular weight is 311 g/mol. The Kier molecular flexibility index (Phi) is 2.93. The van der Waals surface area contributed by atoms with Gasteiger partial charge in [-0.15, -0.1) is 11.3 Å². The van der Waals surface area contributed by atoms with Crippen LogP contribution in [0.5, 0.6) is 0 Å². The lowest BCUT2D eigenvalue weighted by molar-refractivity contribution is 0.0952. The largest absolute Gasteiger partial charge is 0.348 e. The van der Waals surface area contributed by atoms with Crippen molar-refractivity contribution in [1.29, 1.82) is 0 Å². The molecule has 4 aromatic rings. The van der Waals surface area contributed by atoms with E-state index in [0.717, 1.165) is 21.4 Å². The van der Waals surface area contributed by atoms with Crippen molar-refractivity contribution in [2.24, 2.45) is 7.05 Å². The molecule has 0 bridgehead atoms. The number of imidazole rings is 1. The minimum absolute atomic E-state index is 0.127. The Morgan fingerprint density at radius 1 is 1.36 bits per heavy atom. The van der Waals surface area contributed by atoms with E-state index in [2.05, 4.69) is 15.4 Å². The fourth-order valence-corrected chi connectivity index (χ4v) is 3.37. The topological polar surface area (TPSA) is 64.2 Å². The van der Waals surface area contributed by atoms with Gasteiger partial charge >= 0.3 is 0 Å². The Balaban J connectivity index is 1.60. The first kappa shape index (κ1) is 13.0. The van der Waals surface area contributed by atoms with Crippen LogP contribution in [0.3, 0.4) is 0 Å². The molecule has 0 unspecified atom stereocenters. The van der Waals surface area contributed by atoms with Crippen LogP contribution in [0.25, 0.3) is 15.9 Å². The van der Waals surface area contributed by atoms with Gasteiger partial charge in [0, 0.05) is 26.0 Å². The molecule has 0 aliphatic carbocycles. The van der Waals surface area contributed by atoms with E-state index in [1.54, 1.807) is 22.0 Å². The highest BCUT2D eigenvalue weighted by Gasteiger charge is 2.15. The summed E-state index contributed by atoms with van der Waals surface area (Å²) in [4.78, 5) is 16.7. The van der Waals surface area contributed by atoms with Gasteiger partial charge in [-0.3, -0.25) is 4.79 Å². The number of amides is 1. The Morgan fingerprint density at radius 3 is 3.18 bits per heavy atom. The molecule has 0 atom stereocenters. The van der Waals surface area contributed by atoms with Crippen molar-refractivity contribution in [2.75, 3.05) is 0 Å². The fourth-order valence-electron chi connectivity index (χ4n) is 2.57. The molecule has 0 saturated carbocycles. The third-order valence-electron chi connectivity index (χ3n) is 3.66. The van der Waals surface area contributed by atoms with E-state index in [4.69, 9.17) is 0 Å². The molecule has 110 valence electrons. The summed E-state index contributed by atoms with van der Waals surface area (Å²) < 4.78 is 4.69. The van der Waals surface area contributed by atoms with Crippen LogP contribution in [0.1, 0.15) is 15.9 Å². The van der Waals surface area contributed by atoms with E-state index in [9.17, 15) is 4.79 Å². The number of carbonyl (C=O) groups is 1. The van der Waals surface area contributed by atoms with Crippen molar-refractivity contribution in [3.8, 4) is 0 Å². The Hall–Kier alpha value is -2.67. The third-order valence-corrected chi connectivity index (χ3v) is 4.57. The molecule has 6 nitrogen and oxygen atoms in total. The lowest BCUT2D eigenvalue weighted by Crippen LogP contribution is -2.23. The summed E-state index contributed by atoms with van der Waals surface area (Å²) in [5.41, 5.74) is 5.22. The number of aromatic nitrogens is 4. The van der Waals surface area contributed by atoms with Gasteiger partial charge in [-0.05, 0) is 11.6 Å². The highest BCUT2D eigenvalue weighted by molar-refractivity contribution is 7.16. The fraction of sp³-hybridized carbons (Fsp3) is 0.133. The molecule has 1 aromatic carbocycles. The van der Waals surface area contributed by atoms with Gasteiger partial charge in [-0.1, -0.05) is 12.1 Å². The van der Waals surface area contributed by atoms with Crippen LogP contribution in [0.4, 0.5) is 0 Å². The van der Waals surface area contributed by atoms with Crippen LogP contribution < -0.4 is 5.32 Å². The van der Waals surface area contributed by atoms with Crippen LogP contribution in [0.2, 0.25) is 0 Å². The maximum absolute atomic E-state index is 12.4. The van der Waals surface area contributed by atoms with Crippen LogP contribution in [0, 0.1) is 0 Å². The summed E-state index contributed by atoms with van der Waals surface area (Å²) in [7, 11) is 1.89. The first-order valence-electron chi connectivity index (χ1n) is 6.82. The molecule has 0 saturated heterocycles. The maximum atomic E-state index is 12.4. The second kappa shape index (κ2) is 4.96. The van der Waals surface area contributed by atoms with Crippen LogP contribution in [0.15, 0.2) is 42.3 Å². The molecule has 0 spiro atoms. The van der Waals surface area contributed by atoms with Gasteiger partial charge in [0.2, 0.25) is 0 Å². The quantitative estimate of drug-likeness (QED) is 0.631. The SMILES string of the molecule is Cn1ccn2ncc(C(=O)NCc3cccc4ncsc34)c12. The smallest absolute Gasteiger partial charge is 0.256 e. The van der Waals surface area contributed by atoms with Gasteiger partial charge in [-0.2, -0.15) is 5.10 Å². The molecule has 4 rings (SSSR count). The lowest BCUT2D eigenvalue weighted by Gasteiger charge is -2.05. The second-order valence-electron chi connectivity index (χ2n) is 5.04. The van der Waals surface area contributed by atoms with E-state index in [1.807, 2.05) is 47.7 Å². The molecule has 3 heterocycles. The van der Waals surface area contributed by atoms with Crippen LogP contribution in [-0.2, 0) is 13.6 Å². The summed E-state index contributed by atoms with van der Waals surface area (Å²) in [5.74, 6) is -0.127. The Morgan fingerprint density at radius 2 is 2.27 bits per heavy atom. The zero-order chi connectivity index (χ0) is 15.1. The molecular formula is C15H13N5OS. The van der Waals surface area contributed by atoms with Crippen LogP contribution >= 0.6 is 11.3 Å². The van der Waals surface area contributed by atoms with Gasteiger partial charge in [-0.25, -0.2) is 9.50 Å². The van der Waals surface area contributed by atoms with E-state index >= 15 is 0 Å². The minimum atomic E-state index is -0.127. The number of hydrogen-bond donors (Lipinski definition) is 1. The van der Waals surface area contributed by atoms with Crippen molar-refractivity contribution in [3.05, 3.63) is 53.4 Å². The molecule has 0 aliphatic heterocycles. The van der Waals surface area contributed by atoms with Gasteiger partial charge in [0.05, 0.1) is 21.9 Å². The molecule has 0 aliphatic rings. The molecule has 7 heteroatoms. The van der Waals surface area contributed by atoms with E-state index in [-0.39, 0.29) is 5.91 Å². The number of nitrogens with zero attached hydrogens (tertiary/aromatic N) is 4. The number of hydrogen-bond acceptors (Lipinski definition) is 4. The number of aryl methyl sites for hydroxylation is 1. The van der Waals surface area contributed by atoms with E-state index in [1.165, 1.54) is 0 Å². The molecule has 22 heavy (non-hydrogen) atoms. The molecule has 1 N–H and O–H groups in total. The zero-order valence-electron chi connectivity index (χ0n) is 11.9. The summed E-state index contributed by atoms with van der Waals surface area (Å²) in [6, 6.07) is 5.94. The highest BCUT2D eigenvalue weighted by Crippen LogP contribution is 2.22. The Labute approximate surface area is 130 Å². The van der Waals surface area contributed by atoms with E-state index < -0.39 is 0 Å². The summed E-state index contributed by atoms with van der Waals surface area (Å²) in [5, 5.41) is 7.15. The average Bonchev–Trinajstić information content (AvgIpc) is 3.22. The number of carbonyl (C=O) groups excluding carboxylic acids is 1. The predicted octanol–water partition coefficient (Wildman–Crippen LogP) is 2.21. The van der Waals surface area contributed by atoms with Crippen molar-refractivity contribution < 1.29 is 4.79 Å². The number of rotatable bonds is 3. The first-order chi connectivity index (χ1) is 10.7. The van der Waals surface area contributed by atoms with Gasteiger partial charge in [0.1, 0.15) is 11.2 Å². The Bertz CT molecular complexity index is 980. The van der Waals surface area contributed by atoms with E-state index in [0.29, 0.717) is 12.1 Å². The minimum Gasteiger partial charge on any atom is -0.348 e. The van der Waals surface area contributed by atoms with Crippen molar-refractivity contribution in [3.63, 3.8) is 0 Å². The standard InChI is InChI=1S/C15H13N5OS/c1-19-5-6-20-15(19)11(8-18-20)14(21)16-7-10-3-2-4-12-13(10)22-9-17-12/h2-6,8-9H,7H2,1H3,(H,16,21). The van der Waals surface area contributed by atoms with Crippen molar-refractivity contribution in [2.45, 2.75) is 6.54 Å². The number of fused-ring (bicyclic) bond motifs is 2. The number of benzene rings is 1. The molecule has 0 radical (unpaired) electrons. The molecule has 0 fully saturated rings. The van der Waals surface area contributed by atoms with Gasteiger partial charge in [0.15, 0.2) is 0 Å². The third kappa shape index (κ3) is 1.98. The second-order valence-corrected chi connectivity index (χ2v) is 5.89. The number of nitrogens with one attached hydrogen (secondary N) is 1. The van der Waals surface area contributed by atoms with Crippen molar-refractivity contribution in [1.82, 2.24) is 24.5 Å². The monoisotopic (exact) mass is 311 g/mol. The summed E-state index contributed by atoms with van der Waals surface area (Å²) >= 11 is 1.59. The van der Waals surface area contributed by atoms with Crippen molar-refractivity contribution >= 4 is 33.1 Å². The maximum Gasteiger partial charge on any atom is 0.256 e. The highest BCUT2D eigenvalue weighted by atomic mass is 32.1.